The summed E-state index contributed by atoms with van der Waals surface area (Å²) in [5, 5.41) is 66.1. The molecule has 71 heavy (non-hydrogen) atoms. The fraction of sp³-hybridized carbons (Fsp3) is 0.200. The van der Waals surface area contributed by atoms with E-state index in [1.54, 1.807) is 36.4 Å². The first-order chi connectivity index (χ1) is 34.5. The molecule has 0 saturated carbocycles. The molecule has 0 unspecified atom stereocenters. The van der Waals surface area contributed by atoms with Crippen LogP contribution in [0, 0.1) is 0 Å². The van der Waals surface area contributed by atoms with Crippen molar-refractivity contribution in [1.82, 2.24) is 0 Å². The molecular weight excluding hydrogens is 877 g/mol. The van der Waals surface area contributed by atoms with E-state index < -0.39 is 5.41 Å². The van der Waals surface area contributed by atoms with Crippen LogP contribution >= 0.6 is 0 Å². The van der Waals surface area contributed by atoms with Gasteiger partial charge in [-0.25, -0.2) is 0 Å². The summed E-state index contributed by atoms with van der Waals surface area (Å²) < 4.78 is 0. The Hall–Kier alpha value is -7.96. The fourth-order valence-corrected chi connectivity index (χ4v) is 9.33. The van der Waals surface area contributed by atoms with Gasteiger partial charge in [0.15, 0.2) is 23.0 Å². The van der Waals surface area contributed by atoms with Crippen molar-refractivity contribution in [2.75, 3.05) is 0 Å². The average Bonchev–Trinajstić information content (AvgIpc) is 3.73. The van der Waals surface area contributed by atoms with Crippen molar-refractivity contribution in [3.05, 3.63) is 226 Å². The van der Waals surface area contributed by atoms with E-state index >= 15 is 0 Å². The molecule has 0 heterocycles. The number of fused-ring (bicyclic) bond motifs is 3. The highest BCUT2D eigenvalue weighted by molar-refractivity contribution is 6.25. The van der Waals surface area contributed by atoms with Crippen molar-refractivity contribution in [3.63, 3.8) is 0 Å². The van der Waals surface area contributed by atoms with Crippen LogP contribution in [-0.2, 0) is 31.1 Å². The first-order valence-corrected chi connectivity index (χ1v) is 25.0. The maximum atomic E-state index is 10.3. The van der Waals surface area contributed by atoms with Crippen LogP contribution in [0.25, 0.3) is 43.4 Å². The maximum absolute atomic E-state index is 10.3. The van der Waals surface area contributed by atoms with Crippen molar-refractivity contribution < 1.29 is 30.6 Å². The Kier molecular flexibility index (Phi) is 17.8. The van der Waals surface area contributed by atoms with Gasteiger partial charge in [0.25, 0.3) is 0 Å². The van der Waals surface area contributed by atoms with Gasteiger partial charge in [-0.1, -0.05) is 201 Å². The number of aryl methyl sites for hydroxylation is 4. The van der Waals surface area contributed by atoms with Gasteiger partial charge in [-0.05, 0) is 128 Å². The topological polar surface area (TPSA) is 121 Å². The van der Waals surface area contributed by atoms with E-state index in [1.165, 1.54) is 34.4 Å². The lowest BCUT2D eigenvalue weighted by Crippen LogP contribution is -2.28. The summed E-state index contributed by atoms with van der Waals surface area (Å²) in [5.41, 5.74) is 10.5. The molecule has 11 rings (SSSR count). The molecule has 6 nitrogen and oxygen atoms in total. The summed E-state index contributed by atoms with van der Waals surface area (Å²) in [5.74, 6) is -0.270. The third-order valence-corrected chi connectivity index (χ3v) is 13.1. The lowest BCUT2D eigenvalue weighted by molar-refractivity contribution is 0.401. The second kappa shape index (κ2) is 24.0. The Morgan fingerprint density at radius 1 is 0.310 bits per heavy atom. The molecule has 0 spiro atoms. The van der Waals surface area contributed by atoms with Gasteiger partial charge in [-0.15, -0.1) is 0 Å². The highest BCUT2D eigenvalue weighted by Crippen LogP contribution is 2.57. The van der Waals surface area contributed by atoms with Crippen LogP contribution < -0.4 is 0 Å². The number of hydrogen-bond donors (Lipinski definition) is 6. The molecule has 10 aromatic carbocycles. The summed E-state index contributed by atoms with van der Waals surface area (Å²) in [6.07, 6.45) is 4.57. The summed E-state index contributed by atoms with van der Waals surface area (Å²) in [6, 6.07) is 58.3. The van der Waals surface area contributed by atoms with Crippen molar-refractivity contribution in [2.24, 2.45) is 0 Å². The number of phenols is 6. The van der Waals surface area contributed by atoms with Gasteiger partial charge in [0.2, 0.25) is 0 Å². The third kappa shape index (κ3) is 10.8. The zero-order chi connectivity index (χ0) is 51.2. The predicted octanol–water partition coefficient (Wildman–Crippen LogP) is 16.5. The van der Waals surface area contributed by atoms with Crippen LogP contribution in [0.2, 0.25) is 0 Å². The van der Waals surface area contributed by atoms with Crippen LogP contribution in [0.4, 0.5) is 0 Å². The van der Waals surface area contributed by atoms with Gasteiger partial charge in [-0.2, -0.15) is 0 Å². The molecular formula is C65H68O6. The summed E-state index contributed by atoms with van der Waals surface area (Å²) >= 11 is 0. The van der Waals surface area contributed by atoms with Crippen molar-refractivity contribution in [3.8, 4) is 45.6 Å². The normalized spacial score (nSPS) is 11.5. The molecule has 0 fully saturated rings. The lowest BCUT2D eigenvalue weighted by atomic mass is 9.67. The SMILES string of the molecule is CC.CC.CCc1ccc(CC)cc1.CCc1ccc(CC)cc1.Oc1ccc(C2(c3ccc(O)c(O)c3)c3ccccc3-c3ccccc32)cc1O.Oc1ccc2ccc3c(O)ccc4ccc1c2c43. The van der Waals surface area contributed by atoms with Crippen LogP contribution in [-0.4, -0.2) is 30.6 Å². The Morgan fingerprint density at radius 3 is 0.915 bits per heavy atom. The van der Waals surface area contributed by atoms with Crippen LogP contribution in [0.3, 0.4) is 0 Å². The second-order valence-corrected chi connectivity index (χ2v) is 16.9. The van der Waals surface area contributed by atoms with E-state index in [2.05, 4.69) is 88.4 Å². The minimum atomic E-state index is -0.830. The smallest absolute Gasteiger partial charge is 0.157 e. The minimum Gasteiger partial charge on any atom is -0.507 e. The highest BCUT2D eigenvalue weighted by Gasteiger charge is 2.46. The van der Waals surface area contributed by atoms with E-state index in [9.17, 15) is 30.6 Å². The van der Waals surface area contributed by atoms with Crippen LogP contribution in [0.5, 0.6) is 34.5 Å². The first kappa shape index (κ1) is 52.4. The van der Waals surface area contributed by atoms with E-state index in [0.29, 0.717) is 0 Å². The molecule has 0 amide bonds. The molecule has 0 aromatic heterocycles. The van der Waals surface area contributed by atoms with E-state index in [4.69, 9.17) is 0 Å². The molecule has 6 N–H and O–H groups in total. The van der Waals surface area contributed by atoms with E-state index in [0.717, 1.165) is 91.4 Å². The van der Waals surface area contributed by atoms with Gasteiger partial charge in [0.05, 0.1) is 5.41 Å². The third-order valence-electron chi connectivity index (χ3n) is 13.1. The zero-order valence-corrected chi connectivity index (χ0v) is 42.3. The van der Waals surface area contributed by atoms with E-state index in [1.807, 2.05) is 100 Å². The van der Waals surface area contributed by atoms with Gasteiger partial charge in [0, 0.05) is 21.5 Å². The molecule has 10 aromatic rings. The van der Waals surface area contributed by atoms with Crippen LogP contribution in [0.1, 0.15) is 99.9 Å². The number of rotatable bonds is 6. The molecule has 1 aliphatic rings. The maximum Gasteiger partial charge on any atom is 0.157 e. The lowest BCUT2D eigenvalue weighted by Gasteiger charge is -2.34. The summed E-state index contributed by atoms with van der Waals surface area (Å²) in [7, 11) is 0. The Balaban J connectivity index is 0.000000167. The predicted molar refractivity (Wildman–Crippen MR) is 297 cm³/mol. The number of phenolic OH excluding ortho intramolecular Hbond substituents is 6. The van der Waals surface area contributed by atoms with Crippen molar-refractivity contribution >= 4 is 32.3 Å². The molecule has 0 aliphatic heterocycles. The number of aromatic hydroxyl groups is 6. The molecule has 364 valence electrons. The van der Waals surface area contributed by atoms with Gasteiger partial charge < -0.3 is 30.6 Å². The van der Waals surface area contributed by atoms with Crippen molar-refractivity contribution in [2.45, 2.75) is 86.5 Å². The molecule has 1 aliphatic carbocycles. The highest BCUT2D eigenvalue weighted by atomic mass is 16.3. The van der Waals surface area contributed by atoms with Gasteiger partial charge >= 0.3 is 0 Å². The summed E-state index contributed by atoms with van der Waals surface area (Å²) in [6.45, 7) is 16.7. The Labute approximate surface area is 419 Å². The average molecular weight is 945 g/mol. The fourth-order valence-electron chi connectivity index (χ4n) is 9.33. The minimum absolute atomic E-state index is 0.197. The molecule has 0 radical (unpaired) electrons. The number of hydrogen-bond acceptors (Lipinski definition) is 6. The van der Waals surface area contributed by atoms with E-state index in [-0.39, 0.29) is 34.5 Å². The Bertz CT molecular complexity index is 3030. The molecule has 0 saturated heterocycles. The molecule has 0 atom stereocenters. The standard InChI is InChI=1S/C25H18O4.C16H10O2.2C10H14.2C2H6/c26-21-11-9-15(13-23(21)28)25(16-10-12-22(27)24(29)14-16)19-7-3-1-5-17(19)18-6-2-4-8-20(18)25;17-13-8-4-10-2-6-12-14(18)7-3-9-1-5-11(13)16(10)15(9)12;2*1-3-9-5-7-10(4-2)8-6-9;2*1-2/h1-14,26-29H;1-8,17-18H;2*5-8H,3-4H2,1-2H3;2*1-2H3. The summed E-state index contributed by atoms with van der Waals surface area (Å²) in [4.78, 5) is 0. The van der Waals surface area contributed by atoms with Crippen molar-refractivity contribution in [1.29, 1.82) is 0 Å². The Morgan fingerprint density at radius 2 is 0.606 bits per heavy atom. The van der Waals surface area contributed by atoms with Gasteiger partial charge in [0.1, 0.15) is 11.5 Å². The second-order valence-electron chi connectivity index (χ2n) is 16.9. The largest absolute Gasteiger partial charge is 0.507 e. The molecule has 6 heteroatoms. The number of benzene rings is 10. The quantitative estimate of drug-likeness (QED) is 0.0729. The van der Waals surface area contributed by atoms with Crippen LogP contribution in [0.15, 0.2) is 182 Å². The molecule has 0 bridgehead atoms. The zero-order valence-electron chi connectivity index (χ0n) is 42.3. The monoisotopic (exact) mass is 945 g/mol. The van der Waals surface area contributed by atoms with Gasteiger partial charge in [-0.3, -0.25) is 0 Å². The first-order valence-electron chi connectivity index (χ1n) is 25.0.